The highest BCUT2D eigenvalue weighted by atomic mass is 16.5. The molecule has 0 rings (SSSR count). The summed E-state index contributed by atoms with van der Waals surface area (Å²) in [6, 6.07) is 0. The molecule has 1 amide bonds. The van der Waals surface area contributed by atoms with Crippen molar-refractivity contribution < 1.29 is 9.53 Å². The molecule has 0 fully saturated rings. The Bertz CT molecular complexity index is 205. The van der Waals surface area contributed by atoms with Crippen molar-refractivity contribution in [2.24, 2.45) is 11.7 Å². The first-order valence-electron chi connectivity index (χ1n) is 5.44. The summed E-state index contributed by atoms with van der Waals surface area (Å²) < 4.78 is 5.22. The molecule has 90 valence electrons. The molecule has 0 aliphatic heterocycles. The molecule has 0 bridgehead atoms. The molecular weight excluding hydrogens is 192 g/mol. The third-order valence-corrected chi connectivity index (χ3v) is 2.67. The number of carbonyl (C=O) groups is 1. The first-order valence-corrected chi connectivity index (χ1v) is 5.44. The number of ether oxygens (including phenoxy) is 1. The lowest BCUT2D eigenvalue weighted by Gasteiger charge is -2.33. The molecule has 0 radical (unpaired) electrons. The Labute approximate surface area is 92.6 Å². The fourth-order valence-corrected chi connectivity index (χ4v) is 1.03. The molecule has 3 N–H and O–H groups in total. The lowest BCUT2D eigenvalue weighted by Crippen LogP contribution is -2.55. The minimum Gasteiger partial charge on any atom is -0.369 e. The van der Waals surface area contributed by atoms with Gasteiger partial charge in [-0.15, -0.1) is 0 Å². The van der Waals surface area contributed by atoms with Crippen molar-refractivity contribution in [2.75, 3.05) is 13.2 Å². The van der Waals surface area contributed by atoms with E-state index in [1.54, 1.807) is 0 Å². The number of rotatable bonds is 6. The van der Waals surface area contributed by atoms with E-state index in [9.17, 15) is 4.79 Å². The maximum Gasteiger partial charge on any atom is 0.246 e. The minimum absolute atomic E-state index is 0.0685. The first-order chi connectivity index (χ1) is 6.81. The summed E-state index contributed by atoms with van der Waals surface area (Å²) in [6.07, 6.45) is 0.0685. The van der Waals surface area contributed by atoms with E-state index >= 15 is 0 Å². The summed E-state index contributed by atoms with van der Waals surface area (Å²) in [4.78, 5) is 11.5. The molecule has 0 aliphatic carbocycles. The van der Waals surface area contributed by atoms with Crippen molar-refractivity contribution in [1.29, 1.82) is 0 Å². The molecule has 4 heteroatoms. The molecule has 0 aliphatic rings. The van der Waals surface area contributed by atoms with E-state index in [1.165, 1.54) is 0 Å². The van der Waals surface area contributed by atoms with Crippen molar-refractivity contribution in [3.63, 3.8) is 0 Å². The predicted molar refractivity (Wildman–Crippen MR) is 61.5 cm³/mol. The zero-order valence-electron chi connectivity index (χ0n) is 10.5. The molecular formula is C11H24N2O2. The largest absolute Gasteiger partial charge is 0.369 e. The summed E-state index contributed by atoms with van der Waals surface area (Å²) in [6.45, 7) is 10.4. The highest BCUT2D eigenvalue weighted by molar-refractivity contribution is 5.78. The number of hydrogen-bond donors (Lipinski definition) is 2. The average molecular weight is 216 g/mol. The summed E-state index contributed by atoms with van der Waals surface area (Å²) in [5.41, 5.74) is 5.31. The first kappa shape index (κ1) is 14.4. The van der Waals surface area contributed by atoms with Crippen LogP contribution < -0.4 is 11.1 Å². The van der Waals surface area contributed by atoms with Crippen molar-refractivity contribution in [2.45, 2.75) is 46.3 Å². The van der Waals surface area contributed by atoms with Gasteiger partial charge in [-0.25, -0.2) is 0 Å². The maximum absolute atomic E-state index is 11.5. The molecule has 0 heterocycles. The van der Waals surface area contributed by atoms with Crippen LogP contribution in [0.25, 0.3) is 0 Å². The smallest absolute Gasteiger partial charge is 0.246 e. The van der Waals surface area contributed by atoms with Gasteiger partial charge in [0.15, 0.2) is 0 Å². The van der Waals surface area contributed by atoms with Crippen LogP contribution in [0.2, 0.25) is 0 Å². The van der Waals surface area contributed by atoms with Gasteiger partial charge >= 0.3 is 0 Å². The summed E-state index contributed by atoms with van der Waals surface area (Å²) in [7, 11) is 0. The van der Waals surface area contributed by atoms with E-state index in [0.717, 1.165) is 0 Å². The molecule has 1 atom stereocenters. The van der Waals surface area contributed by atoms with Crippen molar-refractivity contribution in [3.8, 4) is 0 Å². The number of nitrogens with two attached hydrogens (primary N) is 1. The van der Waals surface area contributed by atoms with Crippen LogP contribution in [-0.4, -0.2) is 30.7 Å². The Morgan fingerprint density at radius 1 is 1.40 bits per heavy atom. The lowest BCUT2D eigenvalue weighted by atomic mass is 9.88. The predicted octanol–water partition coefficient (Wildman–Crippen LogP) is 0.901. The second kappa shape index (κ2) is 6.08. The molecule has 0 aromatic carbocycles. The highest BCUT2D eigenvalue weighted by Crippen LogP contribution is 2.14. The van der Waals surface area contributed by atoms with E-state index in [-0.39, 0.29) is 24.2 Å². The molecule has 15 heavy (non-hydrogen) atoms. The molecule has 4 nitrogen and oxygen atoms in total. The summed E-state index contributed by atoms with van der Waals surface area (Å²) in [5.74, 6) is 0.191. The number of carbonyl (C=O) groups excluding carboxylic acids is 1. The molecule has 0 saturated heterocycles. The number of hydrogen-bond acceptors (Lipinski definition) is 3. The van der Waals surface area contributed by atoms with Crippen LogP contribution in [0.3, 0.4) is 0 Å². The van der Waals surface area contributed by atoms with Gasteiger partial charge in [0.1, 0.15) is 6.61 Å². The molecule has 0 saturated carbocycles. The van der Waals surface area contributed by atoms with Gasteiger partial charge < -0.3 is 15.8 Å². The third-order valence-electron chi connectivity index (χ3n) is 2.67. The molecule has 0 aromatic rings. The number of amides is 1. The zero-order chi connectivity index (χ0) is 12.1. The van der Waals surface area contributed by atoms with E-state index in [1.807, 2.05) is 34.6 Å². The Morgan fingerprint density at radius 2 is 1.93 bits per heavy atom. The molecule has 0 aromatic heterocycles. The van der Waals surface area contributed by atoms with Crippen LogP contribution in [0.15, 0.2) is 0 Å². The average Bonchev–Trinajstić information content (AvgIpc) is 2.14. The van der Waals surface area contributed by atoms with Crippen LogP contribution in [0.5, 0.6) is 0 Å². The van der Waals surface area contributed by atoms with Gasteiger partial charge in [-0.1, -0.05) is 13.8 Å². The Balaban J connectivity index is 4.13. The number of nitrogens with one attached hydrogen (secondary N) is 1. The third kappa shape index (κ3) is 5.14. The van der Waals surface area contributed by atoms with E-state index < -0.39 is 0 Å². The van der Waals surface area contributed by atoms with Crippen LogP contribution in [0, 0.1) is 5.92 Å². The fraction of sp³-hybridized carbons (Fsp3) is 0.909. The SMILES string of the molecule is CC(C)OCC(=O)NC(C)(CN)C(C)C. The van der Waals surface area contributed by atoms with Gasteiger partial charge in [0.2, 0.25) is 5.91 Å². The van der Waals surface area contributed by atoms with Crippen molar-refractivity contribution in [1.82, 2.24) is 5.32 Å². The van der Waals surface area contributed by atoms with Gasteiger partial charge in [-0.2, -0.15) is 0 Å². The molecule has 1 unspecified atom stereocenters. The van der Waals surface area contributed by atoms with Gasteiger partial charge in [-0.05, 0) is 26.7 Å². The lowest BCUT2D eigenvalue weighted by molar-refractivity contribution is -0.129. The maximum atomic E-state index is 11.5. The fourth-order valence-electron chi connectivity index (χ4n) is 1.03. The van der Waals surface area contributed by atoms with Crippen molar-refractivity contribution >= 4 is 5.91 Å². The standard InChI is InChI=1S/C11H24N2O2/c1-8(2)11(5,7-12)13-10(14)6-15-9(3)4/h8-9H,6-7,12H2,1-5H3,(H,13,14). The summed E-state index contributed by atoms with van der Waals surface area (Å²) >= 11 is 0. The van der Waals surface area contributed by atoms with Crippen molar-refractivity contribution in [3.05, 3.63) is 0 Å². The molecule has 0 spiro atoms. The Kier molecular flexibility index (Phi) is 5.83. The van der Waals surface area contributed by atoms with Crippen LogP contribution in [-0.2, 0) is 9.53 Å². The quantitative estimate of drug-likeness (QED) is 0.693. The second-order valence-electron chi connectivity index (χ2n) is 4.68. The van der Waals surface area contributed by atoms with E-state index in [2.05, 4.69) is 5.32 Å². The monoisotopic (exact) mass is 216 g/mol. The van der Waals surface area contributed by atoms with Crippen LogP contribution in [0.1, 0.15) is 34.6 Å². The normalized spacial score (nSPS) is 15.5. The van der Waals surface area contributed by atoms with Gasteiger partial charge in [0.25, 0.3) is 0 Å². The zero-order valence-corrected chi connectivity index (χ0v) is 10.5. The van der Waals surface area contributed by atoms with Crippen LogP contribution in [0.4, 0.5) is 0 Å². The van der Waals surface area contributed by atoms with E-state index in [4.69, 9.17) is 10.5 Å². The van der Waals surface area contributed by atoms with Gasteiger partial charge in [-0.3, -0.25) is 4.79 Å². The van der Waals surface area contributed by atoms with E-state index in [0.29, 0.717) is 12.5 Å². The highest BCUT2D eigenvalue weighted by Gasteiger charge is 2.28. The Hall–Kier alpha value is -0.610. The topological polar surface area (TPSA) is 64.3 Å². The minimum atomic E-state index is -0.350. The second-order valence-corrected chi connectivity index (χ2v) is 4.68. The van der Waals surface area contributed by atoms with Gasteiger partial charge in [0, 0.05) is 6.54 Å². The Morgan fingerprint density at radius 3 is 2.27 bits per heavy atom. The summed E-state index contributed by atoms with van der Waals surface area (Å²) in [5, 5.41) is 2.91. The van der Waals surface area contributed by atoms with Gasteiger partial charge in [0.05, 0.1) is 11.6 Å². The van der Waals surface area contributed by atoms with Crippen LogP contribution >= 0.6 is 0 Å².